The van der Waals surface area contributed by atoms with Gasteiger partial charge in [-0.1, -0.05) is 5.21 Å². The Morgan fingerprint density at radius 1 is 1.37 bits per heavy atom. The van der Waals surface area contributed by atoms with Gasteiger partial charge in [-0.3, -0.25) is 0 Å². The number of rotatable bonds is 3. The van der Waals surface area contributed by atoms with Crippen LogP contribution in [0.25, 0.3) is 11.2 Å². The van der Waals surface area contributed by atoms with E-state index in [0.717, 1.165) is 42.3 Å². The van der Waals surface area contributed by atoms with Gasteiger partial charge in [-0.25, -0.2) is 14.6 Å². The van der Waals surface area contributed by atoms with Crippen molar-refractivity contribution in [2.45, 2.75) is 32.4 Å². The van der Waals surface area contributed by atoms with Gasteiger partial charge >= 0.3 is 0 Å². The van der Waals surface area contributed by atoms with E-state index in [1.165, 1.54) is 0 Å². The van der Waals surface area contributed by atoms with Gasteiger partial charge in [-0.2, -0.15) is 0 Å². The summed E-state index contributed by atoms with van der Waals surface area (Å²) in [5.41, 5.74) is 1.53. The van der Waals surface area contributed by atoms with Crippen molar-refractivity contribution in [3.63, 3.8) is 0 Å². The lowest BCUT2D eigenvalue weighted by Crippen LogP contribution is -2.17. The van der Waals surface area contributed by atoms with Crippen LogP contribution in [-0.2, 0) is 11.3 Å². The van der Waals surface area contributed by atoms with Crippen LogP contribution < -0.4 is 4.90 Å². The molecule has 1 saturated heterocycles. The number of hydrogen-bond acceptors (Lipinski definition) is 6. The third kappa shape index (κ3) is 2.25. The molecular formula is C12H18N6O. The lowest BCUT2D eigenvalue weighted by Gasteiger charge is -2.12. The predicted molar refractivity (Wildman–Crippen MR) is 71.2 cm³/mol. The molecule has 2 aromatic heterocycles. The fourth-order valence-corrected chi connectivity index (χ4v) is 2.36. The van der Waals surface area contributed by atoms with Gasteiger partial charge in [0.25, 0.3) is 0 Å². The van der Waals surface area contributed by atoms with Crippen LogP contribution in [0.3, 0.4) is 0 Å². The van der Waals surface area contributed by atoms with Crippen molar-refractivity contribution in [3.8, 4) is 0 Å². The van der Waals surface area contributed by atoms with Gasteiger partial charge in [0, 0.05) is 20.7 Å². The summed E-state index contributed by atoms with van der Waals surface area (Å²) >= 11 is 0. The molecule has 0 bridgehead atoms. The van der Waals surface area contributed by atoms with Crippen molar-refractivity contribution in [2.24, 2.45) is 0 Å². The van der Waals surface area contributed by atoms with E-state index in [1.807, 2.05) is 30.6 Å². The molecule has 0 radical (unpaired) electrons. The van der Waals surface area contributed by atoms with Gasteiger partial charge < -0.3 is 9.64 Å². The zero-order chi connectivity index (χ0) is 13.4. The molecule has 1 fully saturated rings. The standard InChI is InChI=1S/C12H18N6O/c1-8-13-11(17(2)3)10-12(14-8)18(16-15-10)7-9-5-4-6-19-9/h9H,4-7H2,1-3H3/t9-/m1/s1. The molecule has 2 aromatic rings. The normalized spacial score (nSPS) is 19.2. The van der Waals surface area contributed by atoms with Gasteiger partial charge in [0.05, 0.1) is 12.6 Å². The van der Waals surface area contributed by atoms with Crippen molar-refractivity contribution in [3.05, 3.63) is 5.82 Å². The molecule has 0 aromatic carbocycles. The summed E-state index contributed by atoms with van der Waals surface area (Å²) in [6.07, 6.45) is 2.42. The van der Waals surface area contributed by atoms with E-state index in [4.69, 9.17) is 4.74 Å². The van der Waals surface area contributed by atoms with E-state index in [0.29, 0.717) is 6.54 Å². The van der Waals surface area contributed by atoms with E-state index in [-0.39, 0.29) is 6.10 Å². The average Bonchev–Trinajstić information content (AvgIpc) is 2.99. The molecule has 7 heteroatoms. The highest BCUT2D eigenvalue weighted by Gasteiger charge is 2.20. The second-order valence-electron chi connectivity index (χ2n) is 5.07. The molecule has 3 heterocycles. The van der Waals surface area contributed by atoms with Crippen molar-refractivity contribution in [1.82, 2.24) is 25.0 Å². The van der Waals surface area contributed by atoms with Gasteiger partial charge in [-0.05, 0) is 19.8 Å². The first-order valence-electron chi connectivity index (χ1n) is 6.52. The average molecular weight is 262 g/mol. The molecule has 0 N–H and O–H groups in total. The molecule has 19 heavy (non-hydrogen) atoms. The number of ether oxygens (including phenoxy) is 1. The predicted octanol–water partition coefficient (Wildman–Crippen LogP) is 0.775. The summed E-state index contributed by atoms with van der Waals surface area (Å²) in [7, 11) is 3.89. The smallest absolute Gasteiger partial charge is 0.184 e. The molecular weight excluding hydrogens is 244 g/mol. The Morgan fingerprint density at radius 3 is 2.89 bits per heavy atom. The van der Waals surface area contributed by atoms with Crippen molar-refractivity contribution < 1.29 is 4.74 Å². The van der Waals surface area contributed by atoms with Crippen LogP contribution in [0.15, 0.2) is 0 Å². The molecule has 0 unspecified atom stereocenters. The van der Waals surface area contributed by atoms with Crippen LogP contribution >= 0.6 is 0 Å². The number of fused-ring (bicyclic) bond motifs is 1. The van der Waals surface area contributed by atoms with Crippen molar-refractivity contribution in [2.75, 3.05) is 25.6 Å². The SMILES string of the molecule is Cc1nc(N(C)C)c2nnn(C[C@H]3CCCO3)c2n1. The van der Waals surface area contributed by atoms with Crippen LogP contribution in [0.5, 0.6) is 0 Å². The molecule has 0 saturated carbocycles. The lowest BCUT2D eigenvalue weighted by atomic mass is 10.2. The second-order valence-corrected chi connectivity index (χ2v) is 5.07. The van der Waals surface area contributed by atoms with Crippen molar-refractivity contribution in [1.29, 1.82) is 0 Å². The third-order valence-electron chi connectivity index (χ3n) is 3.28. The fraction of sp³-hybridized carbons (Fsp3) is 0.667. The summed E-state index contributed by atoms with van der Waals surface area (Å²) in [4.78, 5) is 10.8. The molecule has 1 atom stereocenters. The minimum Gasteiger partial charge on any atom is -0.376 e. The highest BCUT2D eigenvalue weighted by atomic mass is 16.5. The first-order valence-corrected chi connectivity index (χ1v) is 6.52. The highest BCUT2D eigenvalue weighted by Crippen LogP contribution is 2.21. The molecule has 102 valence electrons. The number of anilines is 1. The molecule has 0 amide bonds. The second kappa shape index (κ2) is 4.73. The van der Waals surface area contributed by atoms with E-state index < -0.39 is 0 Å². The van der Waals surface area contributed by atoms with Crippen LogP contribution in [0, 0.1) is 6.92 Å². The van der Waals surface area contributed by atoms with Gasteiger partial charge in [-0.15, -0.1) is 5.10 Å². The van der Waals surface area contributed by atoms with Gasteiger partial charge in [0.1, 0.15) is 5.82 Å². The van der Waals surface area contributed by atoms with E-state index >= 15 is 0 Å². The van der Waals surface area contributed by atoms with E-state index in [2.05, 4.69) is 20.3 Å². The Balaban J connectivity index is 2.01. The molecule has 3 rings (SSSR count). The quantitative estimate of drug-likeness (QED) is 0.814. The van der Waals surface area contributed by atoms with Crippen LogP contribution in [-0.4, -0.2) is 51.8 Å². The summed E-state index contributed by atoms with van der Waals surface area (Å²) in [6.45, 7) is 3.43. The largest absolute Gasteiger partial charge is 0.376 e. The molecule has 7 nitrogen and oxygen atoms in total. The van der Waals surface area contributed by atoms with E-state index in [1.54, 1.807) is 0 Å². The highest BCUT2D eigenvalue weighted by molar-refractivity contribution is 5.82. The molecule has 0 aliphatic carbocycles. The maximum atomic E-state index is 5.64. The summed E-state index contributed by atoms with van der Waals surface area (Å²) in [5.74, 6) is 1.54. The number of hydrogen-bond donors (Lipinski definition) is 0. The topological polar surface area (TPSA) is 69.0 Å². The first-order chi connectivity index (χ1) is 9.15. The summed E-state index contributed by atoms with van der Waals surface area (Å²) in [6, 6.07) is 0. The van der Waals surface area contributed by atoms with Crippen molar-refractivity contribution >= 4 is 17.0 Å². The van der Waals surface area contributed by atoms with E-state index in [9.17, 15) is 0 Å². The molecule has 0 spiro atoms. The Labute approximate surface area is 111 Å². The van der Waals surface area contributed by atoms with Crippen LogP contribution in [0.4, 0.5) is 5.82 Å². The summed E-state index contributed by atoms with van der Waals surface area (Å²) < 4.78 is 7.47. The zero-order valence-corrected chi connectivity index (χ0v) is 11.5. The summed E-state index contributed by atoms with van der Waals surface area (Å²) in [5, 5.41) is 8.41. The zero-order valence-electron chi connectivity index (χ0n) is 11.5. The first kappa shape index (κ1) is 12.3. The van der Waals surface area contributed by atoms with Gasteiger partial charge in [0.2, 0.25) is 0 Å². The number of aromatic nitrogens is 5. The minimum atomic E-state index is 0.225. The molecule has 1 aliphatic heterocycles. The fourth-order valence-electron chi connectivity index (χ4n) is 2.36. The number of nitrogens with zero attached hydrogens (tertiary/aromatic N) is 6. The maximum absolute atomic E-state index is 5.64. The lowest BCUT2D eigenvalue weighted by molar-refractivity contribution is 0.0944. The Bertz CT molecular complexity index is 587. The maximum Gasteiger partial charge on any atom is 0.184 e. The number of aryl methyl sites for hydroxylation is 1. The Kier molecular flexibility index (Phi) is 3.06. The Hall–Kier alpha value is -1.76. The minimum absolute atomic E-state index is 0.225. The third-order valence-corrected chi connectivity index (χ3v) is 3.28. The Morgan fingerprint density at radius 2 is 2.21 bits per heavy atom. The van der Waals surface area contributed by atoms with Gasteiger partial charge in [0.15, 0.2) is 17.0 Å². The van der Waals surface area contributed by atoms with Crippen LogP contribution in [0.2, 0.25) is 0 Å². The van der Waals surface area contributed by atoms with Crippen LogP contribution in [0.1, 0.15) is 18.7 Å². The molecule has 1 aliphatic rings. The monoisotopic (exact) mass is 262 g/mol.